The molecule has 5 heterocycles. The summed E-state index contributed by atoms with van der Waals surface area (Å²) in [5.74, 6) is 2.76. The van der Waals surface area contributed by atoms with Crippen LogP contribution in [-0.4, -0.2) is 78.7 Å². The van der Waals surface area contributed by atoms with Crippen molar-refractivity contribution in [1.29, 1.82) is 0 Å². The standard InChI is InChI=1S/C44H57N9O4/c1-29-11-10-12-30(2)52(29)43-48-47-40-20-17-33(27-51(40)43)57-37-19-18-36(34-13-6-7-14-35(34)37)45-42(55)46-41-26-39(44(3,4)5)49-53(41)32-16-15-31(28-54)38(25-32)56-24-23-50-21-8-9-22-50/h6-7,13-17,20,25-27,29-30,36-37,54H,8-12,18-19,21-24,28H2,1-5H3,(H2,45,46,55)/t29-,30+,36-,37+/m0/s1. The van der Waals surface area contributed by atoms with Gasteiger partial charge < -0.3 is 24.8 Å². The minimum atomic E-state index is -0.323. The van der Waals surface area contributed by atoms with E-state index in [1.807, 2.05) is 54.7 Å². The van der Waals surface area contributed by atoms with Crippen LogP contribution in [0, 0.1) is 0 Å². The van der Waals surface area contributed by atoms with E-state index in [4.69, 9.17) is 14.6 Å². The SMILES string of the molecule is C[C@@H]1CCC[C@H](C)N1c1nnc2ccc(O[C@@H]3CC[C@H](NC(=O)Nc4cc(C(C)(C)C)nn4-c4ccc(CO)c(OCCN5CCCC5)c4)c4ccccc43)cn12. The van der Waals surface area contributed by atoms with Crippen molar-refractivity contribution >= 4 is 23.4 Å². The number of nitrogens with zero attached hydrogens (tertiary/aromatic N) is 7. The summed E-state index contributed by atoms with van der Waals surface area (Å²) in [6.45, 7) is 14.2. The molecule has 2 saturated heterocycles. The van der Waals surface area contributed by atoms with Crippen molar-refractivity contribution in [3.8, 4) is 17.2 Å². The Morgan fingerprint density at radius 3 is 2.44 bits per heavy atom. The summed E-state index contributed by atoms with van der Waals surface area (Å²) in [7, 11) is 0. The lowest BCUT2D eigenvalue weighted by Gasteiger charge is -2.39. The second kappa shape index (κ2) is 16.4. The van der Waals surface area contributed by atoms with Crippen LogP contribution in [0.2, 0.25) is 0 Å². The predicted molar refractivity (Wildman–Crippen MR) is 222 cm³/mol. The highest BCUT2D eigenvalue weighted by molar-refractivity contribution is 5.89. The fourth-order valence-electron chi connectivity index (χ4n) is 8.68. The smallest absolute Gasteiger partial charge is 0.320 e. The summed E-state index contributed by atoms with van der Waals surface area (Å²) in [4.78, 5) is 18.7. The Balaban J connectivity index is 0.985. The van der Waals surface area contributed by atoms with Crippen molar-refractivity contribution in [3.63, 3.8) is 0 Å². The molecule has 2 fully saturated rings. The zero-order chi connectivity index (χ0) is 39.7. The third kappa shape index (κ3) is 8.31. The van der Waals surface area contributed by atoms with Gasteiger partial charge in [-0.25, -0.2) is 9.48 Å². The fraction of sp³-hybridized carbons (Fsp3) is 0.500. The number of urea groups is 1. The molecule has 1 aliphatic carbocycles. The molecular formula is C44H57N9O4. The van der Waals surface area contributed by atoms with Gasteiger partial charge in [0, 0.05) is 41.7 Å². The number of aromatic nitrogens is 5. The molecule has 3 N–H and O–H groups in total. The maximum absolute atomic E-state index is 13.9. The molecule has 8 rings (SSSR count). The second-order valence-corrected chi connectivity index (χ2v) is 17.0. The first-order chi connectivity index (χ1) is 27.6. The first kappa shape index (κ1) is 38.7. The van der Waals surface area contributed by atoms with Crippen molar-refractivity contribution in [2.45, 2.75) is 116 Å². The molecule has 0 unspecified atom stereocenters. The monoisotopic (exact) mass is 775 g/mol. The molecule has 2 aromatic carbocycles. The predicted octanol–water partition coefficient (Wildman–Crippen LogP) is 7.72. The van der Waals surface area contributed by atoms with E-state index in [0.717, 1.165) is 78.7 Å². The number of ether oxygens (including phenoxy) is 2. The number of aliphatic hydroxyl groups excluding tert-OH is 1. The number of aliphatic hydroxyl groups is 1. The van der Waals surface area contributed by atoms with Crippen LogP contribution in [-0.2, 0) is 12.0 Å². The van der Waals surface area contributed by atoms with E-state index in [-0.39, 0.29) is 30.2 Å². The van der Waals surface area contributed by atoms with Gasteiger partial charge in [-0.1, -0.05) is 51.1 Å². The second-order valence-electron chi connectivity index (χ2n) is 17.0. The molecule has 3 aromatic heterocycles. The van der Waals surface area contributed by atoms with Gasteiger partial charge in [-0.2, -0.15) is 5.10 Å². The lowest BCUT2D eigenvalue weighted by Crippen LogP contribution is -2.44. The Morgan fingerprint density at radius 1 is 0.912 bits per heavy atom. The Hall–Kier alpha value is -5.14. The van der Waals surface area contributed by atoms with Crippen molar-refractivity contribution in [2.24, 2.45) is 0 Å². The van der Waals surface area contributed by atoms with Crippen LogP contribution < -0.4 is 25.0 Å². The molecule has 2 aliphatic heterocycles. The van der Waals surface area contributed by atoms with E-state index in [9.17, 15) is 9.90 Å². The quantitative estimate of drug-likeness (QED) is 0.123. The minimum absolute atomic E-state index is 0.135. The van der Waals surface area contributed by atoms with E-state index in [1.165, 1.54) is 19.3 Å². The largest absolute Gasteiger partial charge is 0.492 e. The molecule has 302 valence electrons. The molecule has 4 atom stereocenters. The Bertz CT molecular complexity index is 2180. The molecule has 13 heteroatoms. The summed E-state index contributed by atoms with van der Waals surface area (Å²) >= 11 is 0. The Kier molecular flexibility index (Phi) is 11.1. The van der Waals surface area contributed by atoms with E-state index < -0.39 is 0 Å². The fourth-order valence-corrected chi connectivity index (χ4v) is 8.68. The maximum atomic E-state index is 13.9. The van der Waals surface area contributed by atoms with Gasteiger partial charge in [-0.05, 0) is 101 Å². The van der Waals surface area contributed by atoms with E-state index in [2.05, 4.69) is 81.8 Å². The number of piperidine rings is 1. The van der Waals surface area contributed by atoms with Gasteiger partial charge in [0.2, 0.25) is 5.95 Å². The molecule has 0 radical (unpaired) electrons. The van der Waals surface area contributed by atoms with Gasteiger partial charge in [-0.15, -0.1) is 10.2 Å². The molecule has 0 bridgehead atoms. The number of nitrogens with one attached hydrogen (secondary N) is 2. The average Bonchev–Trinajstić information content (AvgIpc) is 3.97. The number of hydrogen-bond acceptors (Lipinski definition) is 9. The van der Waals surface area contributed by atoms with Gasteiger partial charge in [0.15, 0.2) is 5.65 Å². The number of carbonyl (C=O) groups is 1. The third-order valence-corrected chi connectivity index (χ3v) is 11.8. The average molecular weight is 776 g/mol. The molecule has 3 aliphatic rings. The van der Waals surface area contributed by atoms with E-state index in [0.29, 0.717) is 42.2 Å². The van der Waals surface area contributed by atoms with Crippen LogP contribution in [0.4, 0.5) is 16.6 Å². The number of fused-ring (bicyclic) bond motifs is 2. The van der Waals surface area contributed by atoms with E-state index >= 15 is 0 Å². The molecule has 0 spiro atoms. The molecule has 0 saturated carbocycles. The highest BCUT2D eigenvalue weighted by Gasteiger charge is 2.32. The molecular weight excluding hydrogens is 719 g/mol. The van der Waals surface area contributed by atoms with Crippen molar-refractivity contribution in [3.05, 3.63) is 89.2 Å². The Labute approximate surface area is 335 Å². The highest BCUT2D eigenvalue weighted by Crippen LogP contribution is 2.39. The lowest BCUT2D eigenvalue weighted by molar-refractivity contribution is 0.171. The van der Waals surface area contributed by atoms with Gasteiger partial charge in [0.25, 0.3) is 0 Å². The van der Waals surface area contributed by atoms with Crippen LogP contribution in [0.3, 0.4) is 0 Å². The number of amides is 2. The number of rotatable bonds is 11. The lowest BCUT2D eigenvalue weighted by atomic mass is 9.85. The number of pyridine rings is 1. The van der Waals surface area contributed by atoms with Crippen molar-refractivity contribution in [2.75, 3.05) is 36.5 Å². The van der Waals surface area contributed by atoms with Crippen LogP contribution in [0.15, 0.2) is 66.9 Å². The van der Waals surface area contributed by atoms with Crippen LogP contribution >= 0.6 is 0 Å². The van der Waals surface area contributed by atoms with Gasteiger partial charge in [-0.3, -0.25) is 14.6 Å². The van der Waals surface area contributed by atoms with Crippen molar-refractivity contribution in [1.82, 2.24) is 34.6 Å². The number of anilines is 2. The summed E-state index contributed by atoms with van der Waals surface area (Å²) in [5.41, 5.74) is 4.89. The van der Waals surface area contributed by atoms with Crippen LogP contribution in [0.5, 0.6) is 11.5 Å². The number of carbonyl (C=O) groups excluding carboxylic acids is 1. The van der Waals surface area contributed by atoms with E-state index in [1.54, 1.807) is 4.68 Å². The molecule has 5 aromatic rings. The first-order valence-corrected chi connectivity index (χ1v) is 20.7. The number of likely N-dealkylation sites (tertiary alicyclic amines) is 1. The molecule has 13 nitrogen and oxygen atoms in total. The summed E-state index contributed by atoms with van der Waals surface area (Å²) in [5, 5.41) is 30.5. The summed E-state index contributed by atoms with van der Waals surface area (Å²) in [6, 6.07) is 20.0. The normalized spacial score (nSPS) is 21.4. The first-order valence-electron chi connectivity index (χ1n) is 20.7. The highest BCUT2D eigenvalue weighted by atomic mass is 16.5. The zero-order valence-electron chi connectivity index (χ0n) is 33.9. The Morgan fingerprint density at radius 2 is 1.68 bits per heavy atom. The van der Waals surface area contributed by atoms with Gasteiger partial charge >= 0.3 is 6.03 Å². The zero-order valence-corrected chi connectivity index (χ0v) is 33.9. The van der Waals surface area contributed by atoms with Gasteiger partial charge in [0.1, 0.15) is 30.0 Å². The minimum Gasteiger partial charge on any atom is -0.492 e. The molecule has 2 amide bonds. The maximum Gasteiger partial charge on any atom is 0.320 e. The number of hydrogen-bond donors (Lipinski definition) is 3. The topological polar surface area (TPSA) is 134 Å². The van der Waals surface area contributed by atoms with Crippen LogP contribution in [0.1, 0.15) is 114 Å². The third-order valence-electron chi connectivity index (χ3n) is 11.8. The molecule has 57 heavy (non-hydrogen) atoms. The summed E-state index contributed by atoms with van der Waals surface area (Å²) < 4.78 is 16.7. The van der Waals surface area contributed by atoms with Crippen LogP contribution in [0.25, 0.3) is 11.3 Å². The van der Waals surface area contributed by atoms with Crippen molar-refractivity contribution < 1.29 is 19.4 Å². The van der Waals surface area contributed by atoms with Gasteiger partial charge in [0.05, 0.1) is 30.2 Å². The summed E-state index contributed by atoms with van der Waals surface area (Å²) in [6.07, 6.45) is 9.19. The number of benzene rings is 2.